The molecule has 0 spiro atoms. The number of nitro benzene ring substituents is 1. The number of nitrogens with one attached hydrogen (secondary N) is 1. The molecule has 0 aromatic heterocycles. The largest absolute Gasteiger partial charge is 0.356 e. The molecule has 144 valence electrons. The van der Waals surface area contributed by atoms with Gasteiger partial charge < -0.3 is 11.1 Å². The van der Waals surface area contributed by atoms with E-state index in [2.05, 4.69) is 5.32 Å². The molecule has 2 unspecified atom stereocenters. The summed E-state index contributed by atoms with van der Waals surface area (Å²) in [6, 6.07) is 4.75. The normalized spacial score (nSPS) is 19.7. The quantitative estimate of drug-likeness (QED) is 0.528. The van der Waals surface area contributed by atoms with Crippen LogP contribution in [-0.4, -0.2) is 49.2 Å². The second kappa shape index (κ2) is 8.56. The van der Waals surface area contributed by atoms with Gasteiger partial charge in [0.2, 0.25) is 15.9 Å². The van der Waals surface area contributed by atoms with Crippen LogP contribution >= 0.6 is 0 Å². The van der Waals surface area contributed by atoms with Crippen molar-refractivity contribution in [2.45, 2.75) is 37.1 Å². The number of rotatable bonds is 7. The monoisotopic (exact) mass is 384 g/mol. The Morgan fingerprint density at radius 2 is 2.08 bits per heavy atom. The molecule has 1 aliphatic heterocycles. The predicted octanol–water partition coefficient (Wildman–Crippen LogP) is 0.849. The average molecular weight is 384 g/mol. The second-order valence-electron chi connectivity index (χ2n) is 6.51. The van der Waals surface area contributed by atoms with Gasteiger partial charge in [0.15, 0.2) is 0 Å². The van der Waals surface area contributed by atoms with E-state index in [9.17, 15) is 23.3 Å². The third-order valence-electron chi connectivity index (χ3n) is 4.34. The SMILES string of the molecule is CC(N)CCNC(=O)C1CCCN(S(=O)(=O)c2ccc([N+](=O)[O-])cc2)C1. The van der Waals surface area contributed by atoms with E-state index < -0.39 is 20.9 Å². The summed E-state index contributed by atoms with van der Waals surface area (Å²) in [4.78, 5) is 22.4. The molecular formula is C16H24N4O5S. The van der Waals surface area contributed by atoms with Crippen LogP contribution in [0.5, 0.6) is 0 Å². The summed E-state index contributed by atoms with van der Waals surface area (Å²) in [5.74, 6) is -0.584. The van der Waals surface area contributed by atoms with Crippen molar-refractivity contribution in [1.29, 1.82) is 0 Å². The second-order valence-corrected chi connectivity index (χ2v) is 8.45. The number of benzene rings is 1. The number of sulfonamides is 1. The van der Waals surface area contributed by atoms with Crippen LogP contribution in [0.4, 0.5) is 5.69 Å². The van der Waals surface area contributed by atoms with E-state index in [0.717, 1.165) is 12.1 Å². The highest BCUT2D eigenvalue weighted by atomic mass is 32.2. The standard InChI is InChI=1S/C16H24N4O5S/c1-12(17)8-9-18-16(21)13-3-2-10-19(11-13)26(24,25)15-6-4-14(5-7-15)20(22)23/h4-7,12-13H,2-3,8-11,17H2,1H3,(H,18,21). The molecule has 1 saturated heterocycles. The van der Waals surface area contributed by atoms with Crippen LogP contribution < -0.4 is 11.1 Å². The number of carbonyl (C=O) groups excluding carboxylic acids is 1. The topological polar surface area (TPSA) is 136 Å². The number of carbonyl (C=O) groups is 1. The zero-order valence-corrected chi connectivity index (χ0v) is 15.4. The molecule has 0 bridgehead atoms. The van der Waals surface area contributed by atoms with Crippen LogP contribution in [0.3, 0.4) is 0 Å². The van der Waals surface area contributed by atoms with Crippen LogP contribution in [-0.2, 0) is 14.8 Å². The third-order valence-corrected chi connectivity index (χ3v) is 6.22. The minimum absolute atomic E-state index is 0.0129. The Morgan fingerprint density at radius 1 is 1.42 bits per heavy atom. The van der Waals surface area contributed by atoms with Crippen molar-refractivity contribution in [3.63, 3.8) is 0 Å². The number of nitro groups is 1. The molecule has 3 N–H and O–H groups in total. The maximum absolute atomic E-state index is 12.7. The van der Waals surface area contributed by atoms with E-state index >= 15 is 0 Å². The lowest BCUT2D eigenvalue weighted by molar-refractivity contribution is -0.384. The Balaban J connectivity index is 2.05. The lowest BCUT2D eigenvalue weighted by Crippen LogP contribution is -2.45. The van der Waals surface area contributed by atoms with E-state index in [4.69, 9.17) is 5.73 Å². The van der Waals surface area contributed by atoms with Gasteiger partial charge in [-0.2, -0.15) is 4.31 Å². The van der Waals surface area contributed by atoms with E-state index in [1.807, 2.05) is 6.92 Å². The fourth-order valence-corrected chi connectivity index (χ4v) is 4.35. The predicted molar refractivity (Wildman–Crippen MR) is 95.9 cm³/mol. The van der Waals surface area contributed by atoms with Crippen molar-refractivity contribution in [3.05, 3.63) is 34.4 Å². The van der Waals surface area contributed by atoms with Gasteiger partial charge in [0.05, 0.1) is 15.7 Å². The van der Waals surface area contributed by atoms with Crippen molar-refractivity contribution < 1.29 is 18.1 Å². The van der Waals surface area contributed by atoms with E-state index in [0.29, 0.717) is 32.4 Å². The molecule has 10 heteroatoms. The number of nitrogens with zero attached hydrogens (tertiary/aromatic N) is 2. The zero-order valence-electron chi connectivity index (χ0n) is 14.6. The van der Waals surface area contributed by atoms with Gasteiger partial charge in [-0.15, -0.1) is 0 Å². The third kappa shape index (κ3) is 4.99. The van der Waals surface area contributed by atoms with E-state index in [-0.39, 0.29) is 29.1 Å². The van der Waals surface area contributed by atoms with Gasteiger partial charge in [-0.25, -0.2) is 8.42 Å². The highest BCUT2D eigenvalue weighted by molar-refractivity contribution is 7.89. The molecular weight excluding hydrogens is 360 g/mol. The Morgan fingerprint density at radius 3 is 2.65 bits per heavy atom. The first-order valence-electron chi connectivity index (χ1n) is 8.49. The molecule has 2 atom stereocenters. The summed E-state index contributed by atoms with van der Waals surface area (Å²) in [5, 5.41) is 13.5. The Labute approximate surface area is 152 Å². The first kappa shape index (κ1) is 20.3. The van der Waals surface area contributed by atoms with Crippen molar-refractivity contribution in [3.8, 4) is 0 Å². The minimum Gasteiger partial charge on any atom is -0.356 e. The Bertz CT molecular complexity index is 748. The number of amides is 1. The van der Waals surface area contributed by atoms with Crippen LogP contribution in [0.15, 0.2) is 29.2 Å². The van der Waals surface area contributed by atoms with Crippen LogP contribution in [0.25, 0.3) is 0 Å². The summed E-state index contributed by atoms with van der Waals surface area (Å²) in [7, 11) is -3.79. The summed E-state index contributed by atoms with van der Waals surface area (Å²) >= 11 is 0. The molecule has 1 aliphatic rings. The van der Waals surface area contributed by atoms with Crippen molar-refractivity contribution >= 4 is 21.6 Å². The molecule has 0 aliphatic carbocycles. The minimum atomic E-state index is -3.79. The maximum Gasteiger partial charge on any atom is 0.269 e. The number of hydrogen-bond donors (Lipinski definition) is 2. The van der Waals surface area contributed by atoms with Crippen molar-refractivity contribution in [2.24, 2.45) is 11.7 Å². The van der Waals surface area contributed by atoms with Gasteiger partial charge in [0.1, 0.15) is 0 Å². The molecule has 0 radical (unpaired) electrons. The van der Waals surface area contributed by atoms with Crippen molar-refractivity contribution in [2.75, 3.05) is 19.6 Å². The lowest BCUT2D eigenvalue weighted by atomic mass is 9.99. The van der Waals surface area contributed by atoms with Crippen LogP contribution in [0.1, 0.15) is 26.2 Å². The summed E-state index contributed by atoms with van der Waals surface area (Å²) in [5.41, 5.74) is 5.48. The lowest BCUT2D eigenvalue weighted by Gasteiger charge is -2.31. The number of nitrogens with two attached hydrogens (primary N) is 1. The summed E-state index contributed by atoms with van der Waals surface area (Å²) < 4.78 is 26.8. The number of hydrogen-bond acceptors (Lipinski definition) is 6. The summed E-state index contributed by atoms with van der Waals surface area (Å²) in [6.07, 6.45) is 1.86. The summed E-state index contributed by atoms with van der Waals surface area (Å²) in [6.45, 7) is 2.74. The van der Waals surface area contributed by atoms with Gasteiger partial charge in [-0.05, 0) is 38.3 Å². The first-order chi connectivity index (χ1) is 12.2. The van der Waals surface area contributed by atoms with Crippen LogP contribution in [0.2, 0.25) is 0 Å². The molecule has 26 heavy (non-hydrogen) atoms. The van der Waals surface area contributed by atoms with Gasteiger partial charge >= 0.3 is 0 Å². The Kier molecular flexibility index (Phi) is 6.68. The zero-order chi connectivity index (χ0) is 19.3. The molecule has 9 nitrogen and oxygen atoms in total. The van der Waals surface area contributed by atoms with Gasteiger partial charge in [-0.3, -0.25) is 14.9 Å². The molecule has 1 aromatic rings. The average Bonchev–Trinajstić information content (AvgIpc) is 2.61. The van der Waals surface area contributed by atoms with Crippen LogP contribution in [0, 0.1) is 16.0 Å². The number of non-ortho nitro benzene ring substituents is 1. The van der Waals surface area contributed by atoms with E-state index in [1.54, 1.807) is 0 Å². The fourth-order valence-electron chi connectivity index (χ4n) is 2.83. The first-order valence-corrected chi connectivity index (χ1v) is 9.93. The molecule has 1 aromatic carbocycles. The fraction of sp³-hybridized carbons (Fsp3) is 0.562. The Hall–Kier alpha value is -2.04. The van der Waals surface area contributed by atoms with Gasteiger partial charge in [0.25, 0.3) is 5.69 Å². The van der Waals surface area contributed by atoms with Crippen molar-refractivity contribution in [1.82, 2.24) is 9.62 Å². The molecule has 1 heterocycles. The van der Waals surface area contributed by atoms with E-state index in [1.165, 1.54) is 16.4 Å². The molecule has 0 saturated carbocycles. The number of piperidine rings is 1. The highest BCUT2D eigenvalue weighted by Crippen LogP contribution is 2.25. The highest BCUT2D eigenvalue weighted by Gasteiger charge is 2.33. The van der Waals surface area contributed by atoms with Gasteiger partial charge in [-0.1, -0.05) is 0 Å². The molecule has 2 rings (SSSR count). The smallest absolute Gasteiger partial charge is 0.269 e. The maximum atomic E-state index is 12.7. The molecule has 1 fully saturated rings. The van der Waals surface area contributed by atoms with Gasteiger partial charge in [0, 0.05) is 37.8 Å². The molecule has 1 amide bonds.